The van der Waals surface area contributed by atoms with Gasteiger partial charge in [0.2, 0.25) is 0 Å². The Kier molecular flexibility index (Phi) is 3.43. The number of ether oxygens (including phenoxy) is 2. The first-order valence-electron chi connectivity index (χ1n) is 5.58. The van der Waals surface area contributed by atoms with Crippen molar-refractivity contribution in [2.45, 2.75) is 18.9 Å². The van der Waals surface area contributed by atoms with E-state index in [1.807, 2.05) is 0 Å². The topological polar surface area (TPSA) is 35.5 Å². The summed E-state index contributed by atoms with van der Waals surface area (Å²) in [5.74, 6) is -0.194. The zero-order valence-corrected chi connectivity index (χ0v) is 9.90. The zero-order valence-electron chi connectivity index (χ0n) is 9.90. The highest BCUT2D eigenvalue weighted by atomic mass is 19.1. The molecule has 2 rings (SSSR count). The van der Waals surface area contributed by atoms with Crippen LogP contribution < -0.4 is 4.74 Å². The second-order valence-electron chi connectivity index (χ2n) is 4.20. The van der Waals surface area contributed by atoms with Gasteiger partial charge >= 0.3 is 0 Å². The third-order valence-corrected chi connectivity index (χ3v) is 3.00. The summed E-state index contributed by atoms with van der Waals surface area (Å²) in [7, 11) is 2.95. The van der Waals surface area contributed by atoms with E-state index in [0.29, 0.717) is 5.75 Å². The number of ketones is 1. The van der Waals surface area contributed by atoms with E-state index < -0.39 is 11.9 Å². The lowest BCUT2D eigenvalue weighted by Gasteiger charge is -2.13. The van der Waals surface area contributed by atoms with Crippen LogP contribution in [0.25, 0.3) is 0 Å². The molecule has 1 aliphatic carbocycles. The average molecular weight is 238 g/mol. The van der Waals surface area contributed by atoms with Crippen molar-refractivity contribution < 1.29 is 18.7 Å². The summed E-state index contributed by atoms with van der Waals surface area (Å²) in [6, 6.07) is 4.24. The van der Waals surface area contributed by atoms with Crippen molar-refractivity contribution in [1.82, 2.24) is 0 Å². The second kappa shape index (κ2) is 4.84. The molecule has 0 bridgehead atoms. The van der Waals surface area contributed by atoms with Gasteiger partial charge in [0.05, 0.1) is 12.7 Å². The van der Waals surface area contributed by atoms with Gasteiger partial charge in [0.1, 0.15) is 17.7 Å². The van der Waals surface area contributed by atoms with Crippen LogP contribution >= 0.6 is 0 Å². The normalized spacial score (nSPS) is 16.6. The summed E-state index contributed by atoms with van der Waals surface area (Å²) in [5, 5.41) is 0. The molecule has 1 aromatic rings. The average Bonchev–Trinajstić information content (AvgIpc) is 3.14. The molecule has 0 heterocycles. The lowest BCUT2D eigenvalue weighted by molar-refractivity contribution is 0.0535. The van der Waals surface area contributed by atoms with Gasteiger partial charge in [-0.1, -0.05) is 0 Å². The maximum absolute atomic E-state index is 13.7. The Labute approximate surface area is 99.5 Å². The van der Waals surface area contributed by atoms with Crippen LogP contribution in [0.2, 0.25) is 0 Å². The van der Waals surface area contributed by atoms with Gasteiger partial charge in [0, 0.05) is 13.2 Å². The highest BCUT2D eigenvalue weighted by molar-refractivity contribution is 6.00. The predicted molar refractivity (Wildman–Crippen MR) is 60.8 cm³/mol. The summed E-state index contributed by atoms with van der Waals surface area (Å²) in [6.07, 6.45) is 1.43. The van der Waals surface area contributed by atoms with Crippen molar-refractivity contribution in [1.29, 1.82) is 0 Å². The Morgan fingerprint density at radius 2 is 2.12 bits per heavy atom. The summed E-state index contributed by atoms with van der Waals surface area (Å²) in [5.41, 5.74) is 0.0737. The lowest BCUT2D eigenvalue weighted by Crippen LogP contribution is -2.26. The molecule has 1 aliphatic rings. The minimum absolute atomic E-state index is 0.0737. The molecule has 0 aliphatic heterocycles. The van der Waals surface area contributed by atoms with E-state index in [0.717, 1.165) is 12.8 Å². The summed E-state index contributed by atoms with van der Waals surface area (Å²) >= 11 is 0. The third-order valence-electron chi connectivity index (χ3n) is 3.00. The fraction of sp³-hybridized carbons (Fsp3) is 0.462. The van der Waals surface area contributed by atoms with Gasteiger partial charge in [-0.25, -0.2) is 4.39 Å². The summed E-state index contributed by atoms with van der Waals surface area (Å²) in [6.45, 7) is 0. The van der Waals surface area contributed by atoms with E-state index in [1.54, 1.807) is 6.07 Å². The van der Waals surface area contributed by atoms with Gasteiger partial charge < -0.3 is 9.47 Å². The van der Waals surface area contributed by atoms with E-state index >= 15 is 0 Å². The van der Waals surface area contributed by atoms with Crippen LogP contribution in [0.3, 0.4) is 0 Å². The Bertz CT molecular complexity index is 427. The number of rotatable bonds is 5. The lowest BCUT2D eigenvalue weighted by atomic mass is 10.0. The van der Waals surface area contributed by atoms with Crippen LogP contribution in [0.4, 0.5) is 4.39 Å². The number of halogens is 1. The van der Waals surface area contributed by atoms with Gasteiger partial charge in [0.25, 0.3) is 0 Å². The number of hydrogen-bond acceptors (Lipinski definition) is 3. The second-order valence-corrected chi connectivity index (χ2v) is 4.20. The third kappa shape index (κ3) is 2.47. The maximum Gasteiger partial charge on any atom is 0.194 e. The molecular weight excluding hydrogens is 223 g/mol. The van der Waals surface area contributed by atoms with E-state index in [1.165, 1.54) is 26.4 Å². The van der Waals surface area contributed by atoms with E-state index in [-0.39, 0.29) is 17.3 Å². The van der Waals surface area contributed by atoms with Crippen molar-refractivity contribution >= 4 is 5.78 Å². The van der Waals surface area contributed by atoms with Gasteiger partial charge in [-0.2, -0.15) is 0 Å². The summed E-state index contributed by atoms with van der Waals surface area (Å²) in [4.78, 5) is 12.1. The number of methoxy groups -OCH3 is 2. The van der Waals surface area contributed by atoms with Crippen LogP contribution in [0, 0.1) is 11.7 Å². The van der Waals surface area contributed by atoms with Gasteiger partial charge in [-0.15, -0.1) is 0 Å². The highest BCUT2D eigenvalue weighted by Crippen LogP contribution is 2.36. The predicted octanol–water partition coefficient (Wildman–Crippen LogP) is 2.44. The van der Waals surface area contributed by atoms with Crippen molar-refractivity contribution in [3.8, 4) is 5.75 Å². The molecule has 1 atom stereocenters. The highest BCUT2D eigenvalue weighted by Gasteiger charge is 2.37. The van der Waals surface area contributed by atoms with Crippen molar-refractivity contribution in [3.63, 3.8) is 0 Å². The molecule has 92 valence electrons. The molecule has 1 saturated carbocycles. The molecule has 4 heteroatoms. The number of Topliss-reactive ketones (excluding diaryl/α,β-unsaturated/α-hetero) is 1. The van der Waals surface area contributed by atoms with Gasteiger partial charge in [-0.05, 0) is 30.9 Å². The molecule has 0 radical (unpaired) electrons. The fourth-order valence-electron chi connectivity index (χ4n) is 1.89. The van der Waals surface area contributed by atoms with E-state index in [4.69, 9.17) is 9.47 Å². The molecule has 17 heavy (non-hydrogen) atoms. The minimum atomic E-state index is -0.558. The minimum Gasteiger partial charge on any atom is -0.497 e. The molecule has 1 fully saturated rings. The van der Waals surface area contributed by atoms with Crippen LogP contribution in [-0.4, -0.2) is 26.1 Å². The molecule has 1 unspecified atom stereocenters. The number of carbonyl (C=O) groups is 1. The first kappa shape index (κ1) is 12.0. The van der Waals surface area contributed by atoms with Crippen molar-refractivity contribution in [3.05, 3.63) is 29.6 Å². The molecule has 0 N–H and O–H groups in total. The molecule has 0 spiro atoms. The van der Waals surface area contributed by atoms with E-state index in [9.17, 15) is 9.18 Å². The maximum atomic E-state index is 13.7. The van der Waals surface area contributed by atoms with Crippen LogP contribution in [0.5, 0.6) is 5.75 Å². The molecule has 0 aromatic heterocycles. The van der Waals surface area contributed by atoms with Crippen LogP contribution in [0.15, 0.2) is 18.2 Å². The number of carbonyl (C=O) groups excluding carboxylic acids is 1. The molecule has 1 aromatic carbocycles. The SMILES string of the molecule is COc1ccc(C(=O)C(OC)C2CC2)c(F)c1. The monoisotopic (exact) mass is 238 g/mol. The quantitative estimate of drug-likeness (QED) is 0.739. The van der Waals surface area contributed by atoms with Gasteiger partial charge in [0.15, 0.2) is 5.78 Å². The molecule has 0 amide bonds. The largest absolute Gasteiger partial charge is 0.497 e. The molecular formula is C13H15FO3. The van der Waals surface area contributed by atoms with Crippen LogP contribution in [-0.2, 0) is 4.74 Å². The number of benzene rings is 1. The standard InChI is InChI=1S/C13H15FO3/c1-16-9-5-6-10(11(14)7-9)12(15)13(17-2)8-3-4-8/h5-8,13H,3-4H2,1-2H3. The van der Waals surface area contributed by atoms with Crippen molar-refractivity contribution in [2.24, 2.45) is 5.92 Å². The molecule has 0 saturated heterocycles. The van der Waals surface area contributed by atoms with Gasteiger partial charge in [-0.3, -0.25) is 4.79 Å². The Hall–Kier alpha value is -1.42. The Morgan fingerprint density at radius 1 is 1.41 bits per heavy atom. The first-order chi connectivity index (χ1) is 8.17. The van der Waals surface area contributed by atoms with Crippen LogP contribution in [0.1, 0.15) is 23.2 Å². The first-order valence-corrected chi connectivity index (χ1v) is 5.58. The smallest absolute Gasteiger partial charge is 0.194 e. The summed E-state index contributed by atoms with van der Waals surface area (Å²) < 4.78 is 23.8. The fourth-order valence-corrected chi connectivity index (χ4v) is 1.89. The Morgan fingerprint density at radius 3 is 2.59 bits per heavy atom. The molecule has 3 nitrogen and oxygen atoms in total. The zero-order chi connectivity index (χ0) is 12.4. The number of hydrogen-bond donors (Lipinski definition) is 0. The van der Waals surface area contributed by atoms with E-state index in [2.05, 4.69) is 0 Å². The van der Waals surface area contributed by atoms with Crippen molar-refractivity contribution in [2.75, 3.05) is 14.2 Å². The Balaban J connectivity index is 2.23.